The standard InChI is InChI=1S/C14H25N3O/c18-14(13-6-2-7-15-13)17-9-3-8-16(10-11-17)12-4-1-5-12/h12-13,15H,1-11H2/t13-/m1/s1. The first-order valence-corrected chi connectivity index (χ1v) is 7.61. The van der Waals surface area contributed by atoms with Gasteiger partial charge in [-0.3, -0.25) is 9.69 Å². The van der Waals surface area contributed by atoms with Crippen LogP contribution < -0.4 is 5.32 Å². The van der Waals surface area contributed by atoms with Crippen LogP contribution in [-0.4, -0.2) is 60.5 Å². The van der Waals surface area contributed by atoms with E-state index in [1.165, 1.54) is 25.8 Å². The SMILES string of the molecule is O=C([C@H]1CCCN1)N1CCCN(C2CCC2)CC1. The number of nitrogens with one attached hydrogen (secondary N) is 1. The molecule has 4 heteroatoms. The normalized spacial score (nSPS) is 31.1. The Morgan fingerprint density at radius 1 is 0.944 bits per heavy atom. The maximum absolute atomic E-state index is 12.4. The van der Waals surface area contributed by atoms with E-state index in [1.807, 2.05) is 0 Å². The number of nitrogens with zero attached hydrogens (tertiary/aromatic N) is 2. The van der Waals surface area contributed by atoms with Gasteiger partial charge in [0.05, 0.1) is 6.04 Å². The van der Waals surface area contributed by atoms with Crippen molar-refractivity contribution in [3.63, 3.8) is 0 Å². The first-order chi connectivity index (χ1) is 8.84. The molecule has 0 radical (unpaired) electrons. The molecule has 4 nitrogen and oxygen atoms in total. The largest absolute Gasteiger partial charge is 0.340 e. The van der Waals surface area contributed by atoms with Gasteiger partial charge < -0.3 is 10.2 Å². The van der Waals surface area contributed by atoms with Crippen molar-refractivity contribution in [3.8, 4) is 0 Å². The maximum Gasteiger partial charge on any atom is 0.239 e. The van der Waals surface area contributed by atoms with Crippen molar-refractivity contribution in [2.45, 2.75) is 50.6 Å². The fourth-order valence-corrected chi connectivity index (χ4v) is 3.39. The number of hydrogen-bond donors (Lipinski definition) is 1. The van der Waals surface area contributed by atoms with Crippen molar-refractivity contribution in [1.29, 1.82) is 0 Å². The third-order valence-electron chi connectivity index (χ3n) is 4.79. The summed E-state index contributed by atoms with van der Waals surface area (Å²) in [6.07, 6.45) is 7.47. The maximum atomic E-state index is 12.4. The molecule has 1 atom stereocenters. The summed E-state index contributed by atoms with van der Waals surface area (Å²) in [4.78, 5) is 17.1. The molecule has 102 valence electrons. The molecule has 18 heavy (non-hydrogen) atoms. The Morgan fingerprint density at radius 2 is 1.83 bits per heavy atom. The zero-order valence-electron chi connectivity index (χ0n) is 11.2. The average molecular weight is 251 g/mol. The Hall–Kier alpha value is -0.610. The molecule has 0 aromatic rings. The Bertz CT molecular complexity index is 297. The zero-order valence-corrected chi connectivity index (χ0v) is 11.2. The van der Waals surface area contributed by atoms with Crippen molar-refractivity contribution >= 4 is 5.91 Å². The highest BCUT2D eigenvalue weighted by Gasteiger charge is 2.30. The number of carbonyl (C=O) groups excluding carboxylic acids is 1. The molecule has 1 amide bonds. The van der Waals surface area contributed by atoms with Gasteiger partial charge in [-0.2, -0.15) is 0 Å². The smallest absolute Gasteiger partial charge is 0.239 e. The fourth-order valence-electron chi connectivity index (χ4n) is 3.39. The molecule has 3 rings (SSSR count). The number of rotatable bonds is 2. The molecular formula is C14H25N3O. The van der Waals surface area contributed by atoms with Crippen molar-refractivity contribution in [2.75, 3.05) is 32.7 Å². The van der Waals surface area contributed by atoms with E-state index in [0.717, 1.165) is 51.5 Å². The molecule has 2 saturated heterocycles. The lowest BCUT2D eigenvalue weighted by atomic mass is 9.91. The van der Waals surface area contributed by atoms with E-state index < -0.39 is 0 Å². The second-order valence-corrected chi connectivity index (χ2v) is 5.95. The molecular weight excluding hydrogens is 226 g/mol. The van der Waals surface area contributed by atoms with Crippen LogP contribution in [0, 0.1) is 0 Å². The number of amides is 1. The van der Waals surface area contributed by atoms with E-state index >= 15 is 0 Å². The van der Waals surface area contributed by atoms with Crippen molar-refractivity contribution < 1.29 is 4.79 Å². The Morgan fingerprint density at radius 3 is 2.50 bits per heavy atom. The summed E-state index contributed by atoms with van der Waals surface area (Å²) in [7, 11) is 0. The third-order valence-corrected chi connectivity index (χ3v) is 4.79. The van der Waals surface area contributed by atoms with Gasteiger partial charge in [0.15, 0.2) is 0 Å². The van der Waals surface area contributed by atoms with Crippen LogP contribution >= 0.6 is 0 Å². The molecule has 1 saturated carbocycles. The fraction of sp³-hybridized carbons (Fsp3) is 0.929. The van der Waals surface area contributed by atoms with Crippen LogP contribution in [0.2, 0.25) is 0 Å². The van der Waals surface area contributed by atoms with Crippen LogP contribution in [0.1, 0.15) is 38.5 Å². The highest BCUT2D eigenvalue weighted by atomic mass is 16.2. The molecule has 2 heterocycles. The minimum Gasteiger partial charge on any atom is -0.340 e. The highest BCUT2D eigenvalue weighted by Crippen LogP contribution is 2.25. The predicted molar refractivity (Wildman–Crippen MR) is 71.4 cm³/mol. The van der Waals surface area contributed by atoms with Crippen LogP contribution in [0.3, 0.4) is 0 Å². The van der Waals surface area contributed by atoms with E-state index in [-0.39, 0.29) is 6.04 Å². The average Bonchev–Trinajstić information content (AvgIpc) is 2.74. The van der Waals surface area contributed by atoms with Gasteiger partial charge in [-0.05, 0) is 38.6 Å². The summed E-state index contributed by atoms with van der Waals surface area (Å²) in [5.41, 5.74) is 0. The molecule has 3 aliphatic rings. The van der Waals surface area contributed by atoms with Crippen molar-refractivity contribution in [3.05, 3.63) is 0 Å². The van der Waals surface area contributed by atoms with E-state index in [1.54, 1.807) is 0 Å². The molecule has 0 unspecified atom stereocenters. The van der Waals surface area contributed by atoms with E-state index in [4.69, 9.17) is 0 Å². The first-order valence-electron chi connectivity index (χ1n) is 7.61. The Labute approximate surface area is 110 Å². The third kappa shape index (κ3) is 2.54. The van der Waals surface area contributed by atoms with E-state index in [0.29, 0.717) is 5.91 Å². The summed E-state index contributed by atoms with van der Waals surface area (Å²) in [5, 5.41) is 3.33. The molecule has 1 aliphatic carbocycles. The van der Waals surface area contributed by atoms with Crippen molar-refractivity contribution in [1.82, 2.24) is 15.1 Å². The van der Waals surface area contributed by atoms with Gasteiger partial charge in [0.25, 0.3) is 0 Å². The molecule has 0 aromatic carbocycles. The van der Waals surface area contributed by atoms with Gasteiger partial charge >= 0.3 is 0 Å². The Balaban J connectivity index is 1.52. The minimum absolute atomic E-state index is 0.111. The van der Waals surface area contributed by atoms with Gasteiger partial charge in [-0.25, -0.2) is 0 Å². The topological polar surface area (TPSA) is 35.6 Å². The monoisotopic (exact) mass is 251 g/mol. The summed E-state index contributed by atoms with van der Waals surface area (Å²) in [6.45, 7) is 5.18. The van der Waals surface area contributed by atoms with Crippen LogP contribution in [-0.2, 0) is 4.79 Å². The van der Waals surface area contributed by atoms with Crippen LogP contribution in [0.25, 0.3) is 0 Å². The Kier molecular flexibility index (Phi) is 3.85. The van der Waals surface area contributed by atoms with Gasteiger partial charge in [0.2, 0.25) is 5.91 Å². The quantitative estimate of drug-likeness (QED) is 0.789. The van der Waals surface area contributed by atoms with Gasteiger partial charge in [0.1, 0.15) is 0 Å². The minimum atomic E-state index is 0.111. The number of carbonyl (C=O) groups is 1. The lowest BCUT2D eigenvalue weighted by Crippen LogP contribution is -2.46. The van der Waals surface area contributed by atoms with Gasteiger partial charge in [0, 0.05) is 32.2 Å². The van der Waals surface area contributed by atoms with Crippen molar-refractivity contribution in [2.24, 2.45) is 0 Å². The van der Waals surface area contributed by atoms with E-state index in [9.17, 15) is 4.79 Å². The lowest BCUT2D eigenvalue weighted by molar-refractivity contribution is -0.133. The van der Waals surface area contributed by atoms with E-state index in [2.05, 4.69) is 15.1 Å². The van der Waals surface area contributed by atoms with Gasteiger partial charge in [-0.15, -0.1) is 0 Å². The van der Waals surface area contributed by atoms with Crippen LogP contribution in [0.4, 0.5) is 0 Å². The second kappa shape index (κ2) is 5.57. The first kappa shape index (κ1) is 12.4. The van der Waals surface area contributed by atoms with Crippen LogP contribution in [0.15, 0.2) is 0 Å². The molecule has 1 N–H and O–H groups in total. The lowest BCUT2D eigenvalue weighted by Gasteiger charge is -2.36. The second-order valence-electron chi connectivity index (χ2n) is 5.95. The molecule has 0 spiro atoms. The predicted octanol–water partition coefficient (Wildman–Crippen LogP) is 0.825. The molecule has 0 bridgehead atoms. The highest BCUT2D eigenvalue weighted by molar-refractivity contribution is 5.82. The molecule has 0 aromatic heterocycles. The number of hydrogen-bond acceptors (Lipinski definition) is 3. The molecule has 3 fully saturated rings. The van der Waals surface area contributed by atoms with Gasteiger partial charge in [-0.1, -0.05) is 6.42 Å². The summed E-state index contributed by atoms with van der Waals surface area (Å²) >= 11 is 0. The summed E-state index contributed by atoms with van der Waals surface area (Å²) in [6, 6.07) is 0.935. The molecule has 2 aliphatic heterocycles. The van der Waals surface area contributed by atoms with Crippen LogP contribution in [0.5, 0.6) is 0 Å². The summed E-state index contributed by atoms with van der Waals surface area (Å²) < 4.78 is 0. The summed E-state index contributed by atoms with van der Waals surface area (Å²) in [5.74, 6) is 0.350. The zero-order chi connectivity index (χ0) is 12.4.